The second-order valence-corrected chi connectivity index (χ2v) is 5.93. The van der Waals surface area contributed by atoms with E-state index in [1.165, 1.54) is 17.3 Å². The minimum absolute atomic E-state index is 0.0868. The van der Waals surface area contributed by atoms with Gasteiger partial charge in [-0.15, -0.1) is 11.8 Å². The van der Waals surface area contributed by atoms with Crippen molar-refractivity contribution in [2.75, 3.05) is 11.1 Å². The first-order valence-electron chi connectivity index (χ1n) is 6.50. The van der Waals surface area contributed by atoms with E-state index in [1.807, 2.05) is 12.1 Å². The highest BCUT2D eigenvalue weighted by Gasteiger charge is 2.07. The van der Waals surface area contributed by atoms with E-state index in [4.69, 9.17) is 4.52 Å². The summed E-state index contributed by atoms with van der Waals surface area (Å²) in [5.41, 5.74) is 1.30. The molecule has 0 bridgehead atoms. The maximum absolute atomic E-state index is 11.8. The van der Waals surface area contributed by atoms with Gasteiger partial charge in [-0.2, -0.15) is 0 Å². The molecule has 2 aromatic rings. The lowest BCUT2D eigenvalue weighted by atomic mass is 10.0. The molecule has 0 aliphatic heterocycles. The van der Waals surface area contributed by atoms with Gasteiger partial charge in [0.05, 0.1) is 5.75 Å². The van der Waals surface area contributed by atoms with Crippen molar-refractivity contribution in [2.24, 2.45) is 0 Å². The average Bonchev–Trinajstić information content (AvgIpc) is 2.82. The molecule has 0 fully saturated rings. The molecule has 0 saturated carbocycles. The predicted molar refractivity (Wildman–Crippen MR) is 81.1 cm³/mol. The molecule has 1 aromatic carbocycles. The Hall–Kier alpha value is -1.75. The fourth-order valence-corrected chi connectivity index (χ4v) is 2.40. The van der Waals surface area contributed by atoms with E-state index in [-0.39, 0.29) is 5.91 Å². The van der Waals surface area contributed by atoms with Crippen LogP contribution in [0.1, 0.15) is 31.1 Å². The largest absolute Gasteiger partial charge is 0.360 e. The van der Waals surface area contributed by atoms with E-state index < -0.39 is 0 Å². The van der Waals surface area contributed by atoms with Crippen molar-refractivity contribution in [1.82, 2.24) is 5.16 Å². The third-order valence-electron chi connectivity index (χ3n) is 2.81. The molecule has 5 heteroatoms. The molecule has 20 heavy (non-hydrogen) atoms. The van der Waals surface area contributed by atoms with Crippen LogP contribution in [0.15, 0.2) is 39.8 Å². The second kappa shape index (κ2) is 6.61. The number of thioether (sulfide) groups is 1. The third kappa shape index (κ3) is 4.13. The van der Waals surface area contributed by atoms with Gasteiger partial charge in [0.25, 0.3) is 0 Å². The number of hydrogen-bond donors (Lipinski definition) is 1. The lowest BCUT2D eigenvalue weighted by Gasteiger charge is -2.06. The van der Waals surface area contributed by atoms with Crippen molar-refractivity contribution in [3.05, 3.63) is 41.7 Å². The van der Waals surface area contributed by atoms with Crippen LogP contribution in [-0.4, -0.2) is 16.8 Å². The highest BCUT2D eigenvalue weighted by atomic mass is 32.2. The third-order valence-corrected chi connectivity index (χ3v) is 3.82. The summed E-state index contributed by atoms with van der Waals surface area (Å²) in [5.74, 6) is 1.93. The molecule has 1 N–H and O–H groups in total. The molecule has 0 radical (unpaired) electrons. The summed E-state index contributed by atoms with van der Waals surface area (Å²) in [5, 5.41) is 6.42. The van der Waals surface area contributed by atoms with Gasteiger partial charge in [0.2, 0.25) is 5.91 Å². The lowest BCUT2D eigenvalue weighted by molar-refractivity contribution is -0.113. The molecule has 4 nitrogen and oxygen atoms in total. The summed E-state index contributed by atoms with van der Waals surface area (Å²) in [4.78, 5) is 12.8. The van der Waals surface area contributed by atoms with Crippen LogP contribution in [-0.2, 0) is 4.79 Å². The Morgan fingerprint density at radius 3 is 2.60 bits per heavy atom. The monoisotopic (exact) mass is 290 g/mol. The molecular weight excluding hydrogens is 272 g/mol. The Morgan fingerprint density at radius 1 is 1.35 bits per heavy atom. The van der Waals surface area contributed by atoms with Crippen LogP contribution in [0, 0.1) is 6.92 Å². The number of hydrogen-bond acceptors (Lipinski definition) is 4. The second-order valence-electron chi connectivity index (χ2n) is 4.88. The minimum Gasteiger partial charge on any atom is -0.360 e. The normalized spacial score (nSPS) is 10.8. The van der Waals surface area contributed by atoms with Crippen molar-refractivity contribution in [2.45, 2.75) is 31.6 Å². The number of nitrogens with zero attached hydrogens (tertiary/aromatic N) is 1. The number of benzene rings is 1. The molecule has 0 aliphatic rings. The van der Waals surface area contributed by atoms with Gasteiger partial charge in [0.1, 0.15) is 5.76 Å². The number of anilines is 1. The Balaban J connectivity index is 1.83. The van der Waals surface area contributed by atoms with E-state index >= 15 is 0 Å². The molecule has 1 aromatic heterocycles. The van der Waals surface area contributed by atoms with E-state index in [0.29, 0.717) is 23.2 Å². The van der Waals surface area contributed by atoms with Crippen LogP contribution < -0.4 is 5.32 Å². The van der Waals surface area contributed by atoms with E-state index in [9.17, 15) is 4.79 Å². The van der Waals surface area contributed by atoms with E-state index in [0.717, 1.165) is 4.90 Å². The summed E-state index contributed by atoms with van der Waals surface area (Å²) in [6, 6.07) is 10.00. The first-order chi connectivity index (χ1) is 9.54. The molecule has 0 saturated heterocycles. The highest BCUT2D eigenvalue weighted by molar-refractivity contribution is 8.00. The molecule has 106 valence electrons. The maximum Gasteiger partial charge on any atom is 0.235 e. The zero-order valence-corrected chi connectivity index (χ0v) is 12.7. The fraction of sp³-hybridized carbons (Fsp3) is 0.333. The van der Waals surface area contributed by atoms with Crippen molar-refractivity contribution in [1.29, 1.82) is 0 Å². The quantitative estimate of drug-likeness (QED) is 0.850. The van der Waals surface area contributed by atoms with Crippen molar-refractivity contribution < 1.29 is 9.32 Å². The molecule has 2 rings (SSSR count). The van der Waals surface area contributed by atoms with Crippen LogP contribution in [0.2, 0.25) is 0 Å². The summed E-state index contributed by atoms with van der Waals surface area (Å²) in [6.45, 7) is 6.11. The summed E-state index contributed by atoms with van der Waals surface area (Å²) >= 11 is 1.50. The molecule has 1 heterocycles. The molecule has 0 spiro atoms. The molecule has 0 unspecified atom stereocenters. The maximum atomic E-state index is 11.8. The lowest BCUT2D eigenvalue weighted by Crippen LogP contribution is -2.14. The Morgan fingerprint density at radius 2 is 2.05 bits per heavy atom. The average molecular weight is 290 g/mol. The zero-order valence-electron chi connectivity index (χ0n) is 11.8. The van der Waals surface area contributed by atoms with Crippen LogP contribution >= 0.6 is 11.8 Å². The van der Waals surface area contributed by atoms with Crippen LogP contribution in [0.5, 0.6) is 0 Å². The first kappa shape index (κ1) is 14.7. The number of rotatable bonds is 5. The zero-order chi connectivity index (χ0) is 14.5. The standard InChI is InChI=1S/C15H18N2O2S/c1-10(2)12-4-6-13(7-5-12)20-9-15(18)16-14-8-11(3)19-17-14/h4-8,10H,9H2,1-3H3,(H,16,17,18). The summed E-state index contributed by atoms with van der Waals surface area (Å²) in [6.07, 6.45) is 0. The van der Waals surface area contributed by atoms with Crippen LogP contribution in [0.25, 0.3) is 0 Å². The number of amides is 1. The van der Waals surface area contributed by atoms with Gasteiger partial charge in [-0.25, -0.2) is 0 Å². The van der Waals surface area contributed by atoms with Gasteiger partial charge in [-0.05, 0) is 30.5 Å². The van der Waals surface area contributed by atoms with E-state index in [1.54, 1.807) is 13.0 Å². The van der Waals surface area contributed by atoms with Crippen molar-refractivity contribution in [3.63, 3.8) is 0 Å². The number of aryl methyl sites for hydroxylation is 1. The fourth-order valence-electron chi connectivity index (χ4n) is 1.70. The minimum atomic E-state index is -0.0868. The van der Waals surface area contributed by atoms with Gasteiger partial charge in [0.15, 0.2) is 5.82 Å². The number of aromatic nitrogens is 1. The smallest absolute Gasteiger partial charge is 0.235 e. The molecule has 0 aliphatic carbocycles. The molecule has 1 amide bonds. The van der Waals surface area contributed by atoms with E-state index in [2.05, 4.69) is 36.5 Å². The van der Waals surface area contributed by atoms with Gasteiger partial charge in [-0.1, -0.05) is 31.1 Å². The van der Waals surface area contributed by atoms with Crippen molar-refractivity contribution >= 4 is 23.5 Å². The molecular formula is C15H18N2O2S. The van der Waals surface area contributed by atoms with Gasteiger partial charge in [-0.3, -0.25) is 4.79 Å². The summed E-state index contributed by atoms with van der Waals surface area (Å²) < 4.78 is 4.89. The van der Waals surface area contributed by atoms with Gasteiger partial charge in [0, 0.05) is 11.0 Å². The number of carbonyl (C=O) groups is 1. The van der Waals surface area contributed by atoms with Gasteiger partial charge >= 0.3 is 0 Å². The Kier molecular flexibility index (Phi) is 4.84. The SMILES string of the molecule is Cc1cc(NC(=O)CSc2ccc(C(C)C)cc2)no1. The topological polar surface area (TPSA) is 55.1 Å². The summed E-state index contributed by atoms with van der Waals surface area (Å²) in [7, 11) is 0. The van der Waals surface area contributed by atoms with Crippen LogP contribution in [0.3, 0.4) is 0 Å². The first-order valence-corrected chi connectivity index (χ1v) is 7.49. The number of nitrogens with one attached hydrogen (secondary N) is 1. The Labute approximate surface area is 122 Å². The molecule has 0 atom stereocenters. The van der Waals surface area contributed by atoms with Gasteiger partial charge < -0.3 is 9.84 Å². The number of carbonyl (C=O) groups excluding carboxylic acids is 1. The highest BCUT2D eigenvalue weighted by Crippen LogP contribution is 2.22. The van der Waals surface area contributed by atoms with Crippen LogP contribution in [0.4, 0.5) is 5.82 Å². The predicted octanol–water partition coefficient (Wildman–Crippen LogP) is 3.84. The Bertz CT molecular complexity index is 576. The van der Waals surface area contributed by atoms with Crippen molar-refractivity contribution in [3.8, 4) is 0 Å².